The number of hydrogen-bond acceptors (Lipinski definition) is 3. The molecule has 0 N–H and O–H groups in total. The van der Waals surface area contributed by atoms with E-state index in [-0.39, 0.29) is 0 Å². The van der Waals surface area contributed by atoms with Gasteiger partial charge in [0.25, 0.3) is 0 Å². The molecule has 1 saturated heterocycles. The van der Waals surface area contributed by atoms with Gasteiger partial charge in [-0.1, -0.05) is 30.3 Å². The molecule has 0 amide bonds. The molecule has 3 heteroatoms. The molecule has 1 heterocycles. The highest BCUT2D eigenvalue weighted by Crippen LogP contribution is 2.28. The third-order valence-corrected chi connectivity index (χ3v) is 3.72. The van der Waals surface area contributed by atoms with Gasteiger partial charge in [0.1, 0.15) is 0 Å². The van der Waals surface area contributed by atoms with Crippen LogP contribution in [0.4, 0.5) is 0 Å². The molecule has 0 unspecified atom stereocenters. The van der Waals surface area contributed by atoms with Crippen LogP contribution in [0.1, 0.15) is 11.6 Å². The summed E-state index contributed by atoms with van der Waals surface area (Å²) < 4.78 is 0. The molecule has 0 saturated carbocycles. The van der Waals surface area contributed by atoms with E-state index in [1.165, 1.54) is 5.56 Å². The first kappa shape index (κ1) is 10.5. The Bertz CT molecular complexity index is 344. The fourth-order valence-electron chi connectivity index (χ4n) is 1.90. The molecule has 15 heavy (non-hydrogen) atoms. The molecule has 0 aromatic heterocycles. The smallest absolute Gasteiger partial charge is 0.0871 e. The quantitative estimate of drug-likeness (QED) is 0.713. The molecule has 0 aliphatic carbocycles. The maximum absolute atomic E-state index is 8.78. The van der Waals surface area contributed by atoms with Crippen molar-refractivity contribution in [3.63, 3.8) is 0 Å². The van der Waals surface area contributed by atoms with Crippen LogP contribution in [0, 0.1) is 11.3 Å². The van der Waals surface area contributed by atoms with Crippen LogP contribution < -0.4 is 0 Å². The van der Waals surface area contributed by atoms with Gasteiger partial charge in [-0.2, -0.15) is 17.0 Å². The molecule has 0 spiro atoms. The van der Waals surface area contributed by atoms with Crippen molar-refractivity contribution in [1.82, 2.24) is 4.90 Å². The Kier molecular flexibility index (Phi) is 3.65. The van der Waals surface area contributed by atoms with E-state index in [1.807, 2.05) is 17.8 Å². The summed E-state index contributed by atoms with van der Waals surface area (Å²) in [6.07, 6.45) is 0. The van der Waals surface area contributed by atoms with E-state index in [9.17, 15) is 0 Å². The predicted molar refractivity (Wildman–Crippen MR) is 63.7 cm³/mol. The van der Waals surface area contributed by atoms with Crippen molar-refractivity contribution in [3.05, 3.63) is 35.9 Å². The van der Waals surface area contributed by atoms with Crippen molar-refractivity contribution in [3.8, 4) is 6.07 Å². The molecule has 1 aliphatic heterocycles. The summed E-state index contributed by atoms with van der Waals surface area (Å²) in [7, 11) is 0. The first-order valence-corrected chi connectivity index (χ1v) is 6.31. The Morgan fingerprint density at radius 2 is 2.20 bits per heavy atom. The second-order valence-corrected chi connectivity index (χ2v) is 4.78. The van der Waals surface area contributed by atoms with Gasteiger partial charge in [0, 0.05) is 24.1 Å². The number of nitrogens with zero attached hydrogens (tertiary/aromatic N) is 2. The Labute approximate surface area is 94.9 Å². The van der Waals surface area contributed by atoms with Crippen molar-refractivity contribution in [1.29, 1.82) is 5.26 Å². The summed E-state index contributed by atoms with van der Waals surface area (Å²) in [5.41, 5.74) is 1.33. The Balaban J connectivity index is 2.15. The molecule has 1 fully saturated rings. The van der Waals surface area contributed by atoms with Gasteiger partial charge in [-0.25, -0.2) is 0 Å². The summed E-state index contributed by atoms with van der Waals surface area (Å²) >= 11 is 1.98. The molecule has 1 aromatic rings. The molecule has 2 rings (SSSR count). The van der Waals surface area contributed by atoms with Gasteiger partial charge in [-0.05, 0) is 5.56 Å². The maximum atomic E-state index is 8.78. The Hall–Kier alpha value is -0.980. The molecule has 2 nitrogen and oxygen atoms in total. The Morgan fingerprint density at radius 3 is 2.93 bits per heavy atom. The van der Waals surface area contributed by atoms with Crippen molar-refractivity contribution in [2.24, 2.45) is 0 Å². The topological polar surface area (TPSA) is 27.0 Å². The lowest BCUT2D eigenvalue weighted by atomic mass is 10.1. The first-order chi connectivity index (χ1) is 7.42. The molecule has 1 aromatic carbocycles. The largest absolute Gasteiger partial charge is 0.282 e. The molecule has 1 aliphatic rings. The van der Waals surface area contributed by atoms with Crippen LogP contribution in [0.2, 0.25) is 0 Å². The average Bonchev–Trinajstić information content (AvgIpc) is 2.31. The number of nitriles is 1. The van der Waals surface area contributed by atoms with Crippen LogP contribution in [0.3, 0.4) is 0 Å². The fraction of sp³-hybridized carbons (Fsp3) is 0.417. The molecule has 1 atom stereocenters. The highest BCUT2D eigenvalue weighted by Gasteiger charge is 2.23. The highest BCUT2D eigenvalue weighted by atomic mass is 32.2. The van der Waals surface area contributed by atoms with Crippen LogP contribution in [0.5, 0.6) is 0 Å². The standard InChI is InChI=1S/C12H14N2S/c13-6-7-14-8-9-15-10-12(14)11-4-2-1-3-5-11/h1-5,12H,7-10H2/t12-/m0/s1. The van der Waals surface area contributed by atoms with E-state index < -0.39 is 0 Å². The number of rotatable bonds is 2. The van der Waals surface area contributed by atoms with E-state index in [2.05, 4.69) is 35.2 Å². The minimum atomic E-state index is 0.421. The minimum Gasteiger partial charge on any atom is -0.282 e. The van der Waals surface area contributed by atoms with E-state index in [0.29, 0.717) is 12.6 Å². The summed E-state index contributed by atoms with van der Waals surface area (Å²) in [5, 5.41) is 8.78. The minimum absolute atomic E-state index is 0.421. The zero-order valence-electron chi connectivity index (χ0n) is 8.60. The third-order valence-electron chi connectivity index (χ3n) is 2.70. The van der Waals surface area contributed by atoms with Gasteiger partial charge in [0.15, 0.2) is 0 Å². The summed E-state index contributed by atoms with van der Waals surface area (Å²) in [5.74, 6) is 2.25. The van der Waals surface area contributed by atoms with Crippen LogP contribution in [-0.4, -0.2) is 29.5 Å². The lowest BCUT2D eigenvalue weighted by Crippen LogP contribution is -2.36. The van der Waals surface area contributed by atoms with Crippen LogP contribution in [-0.2, 0) is 0 Å². The van der Waals surface area contributed by atoms with Gasteiger partial charge >= 0.3 is 0 Å². The van der Waals surface area contributed by atoms with Gasteiger partial charge in [-0.15, -0.1) is 0 Å². The van der Waals surface area contributed by atoms with E-state index in [0.717, 1.165) is 18.1 Å². The monoisotopic (exact) mass is 218 g/mol. The zero-order chi connectivity index (χ0) is 10.5. The van der Waals surface area contributed by atoms with Crippen molar-refractivity contribution in [2.75, 3.05) is 24.6 Å². The lowest BCUT2D eigenvalue weighted by molar-refractivity contribution is 0.249. The second kappa shape index (κ2) is 5.20. The molecule has 0 radical (unpaired) electrons. The fourth-order valence-corrected chi connectivity index (χ4v) is 3.06. The second-order valence-electron chi connectivity index (χ2n) is 3.63. The average molecular weight is 218 g/mol. The lowest BCUT2D eigenvalue weighted by Gasteiger charge is -2.33. The summed E-state index contributed by atoms with van der Waals surface area (Å²) in [6, 6.07) is 13.2. The first-order valence-electron chi connectivity index (χ1n) is 5.15. The van der Waals surface area contributed by atoms with Crippen LogP contribution >= 0.6 is 11.8 Å². The van der Waals surface area contributed by atoms with E-state index >= 15 is 0 Å². The van der Waals surface area contributed by atoms with Crippen molar-refractivity contribution >= 4 is 11.8 Å². The number of benzene rings is 1. The van der Waals surface area contributed by atoms with Gasteiger partial charge in [0.05, 0.1) is 12.6 Å². The van der Waals surface area contributed by atoms with Crippen molar-refractivity contribution < 1.29 is 0 Å². The van der Waals surface area contributed by atoms with Gasteiger partial charge in [0.2, 0.25) is 0 Å². The van der Waals surface area contributed by atoms with Crippen LogP contribution in [0.15, 0.2) is 30.3 Å². The van der Waals surface area contributed by atoms with Gasteiger partial charge < -0.3 is 0 Å². The summed E-state index contributed by atoms with van der Waals surface area (Å²) in [4.78, 5) is 2.27. The molecular formula is C12H14N2S. The molecular weight excluding hydrogens is 204 g/mol. The highest BCUT2D eigenvalue weighted by molar-refractivity contribution is 7.99. The zero-order valence-corrected chi connectivity index (χ0v) is 9.41. The Morgan fingerprint density at radius 1 is 1.40 bits per heavy atom. The van der Waals surface area contributed by atoms with Crippen molar-refractivity contribution in [2.45, 2.75) is 6.04 Å². The van der Waals surface area contributed by atoms with E-state index in [1.54, 1.807) is 0 Å². The normalized spacial score (nSPS) is 22.2. The number of hydrogen-bond donors (Lipinski definition) is 0. The predicted octanol–water partition coefficient (Wildman–Crippen LogP) is 2.30. The van der Waals surface area contributed by atoms with Crippen LogP contribution in [0.25, 0.3) is 0 Å². The van der Waals surface area contributed by atoms with Gasteiger partial charge in [-0.3, -0.25) is 4.90 Å². The molecule has 0 bridgehead atoms. The third kappa shape index (κ3) is 2.53. The SMILES string of the molecule is N#CCN1CCSC[C@H]1c1ccccc1. The molecule has 78 valence electrons. The maximum Gasteiger partial charge on any atom is 0.0871 e. The summed E-state index contributed by atoms with van der Waals surface area (Å²) in [6.45, 7) is 1.57. The van der Waals surface area contributed by atoms with E-state index in [4.69, 9.17) is 5.26 Å². The number of thioether (sulfide) groups is 1.